The molecule has 0 aromatic heterocycles. The van der Waals surface area contributed by atoms with Gasteiger partial charge in [-0.2, -0.15) is 0 Å². The van der Waals surface area contributed by atoms with Crippen molar-refractivity contribution in [3.63, 3.8) is 0 Å². The number of carbonyl (C=O) groups is 3. The quantitative estimate of drug-likeness (QED) is 0.0261. The van der Waals surface area contributed by atoms with E-state index in [0.717, 1.165) is 103 Å². The van der Waals surface area contributed by atoms with E-state index in [2.05, 4.69) is 106 Å². The second kappa shape index (κ2) is 69.1. The standard InChI is InChI=1S/C75H132O6/c1-4-7-10-13-16-19-22-25-27-29-30-31-32-33-34-35-36-37-38-39-40-41-42-43-44-46-47-50-53-56-59-62-65-68-74(77)80-71-72(70-79-73(76)67-64-61-58-55-52-49-24-21-18-15-12-9-6-3)81-75(78)69-66-63-60-57-54-51-48-45-28-26-23-20-17-14-11-8-5-2/h9,12,17-18,20-22,25-26,28-30,49,52,72H,4-8,10-11,13-16,19,23-24,27,31-48,50-51,53-71H2,1-3H3/b12-9-,20-17-,21-18-,25-22-,28-26-,30-29-,52-49-. The van der Waals surface area contributed by atoms with Crippen molar-refractivity contribution >= 4 is 17.9 Å². The fraction of sp³-hybridized carbons (Fsp3) is 0.773. The van der Waals surface area contributed by atoms with E-state index in [0.29, 0.717) is 19.3 Å². The number of hydrogen-bond acceptors (Lipinski definition) is 6. The van der Waals surface area contributed by atoms with Crippen LogP contribution in [0.2, 0.25) is 0 Å². The predicted molar refractivity (Wildman–Crippen MR) is 353 cm³/mol. The fourth-order valence-corrected chi connectivity index (χ4v) is 10.1. The van der Waals surface area contributed by atoms with Crippen LogP contribution in [-0.4, -0.2) is 37.2 Å². The van der Waals surface area contributed by atoms with Crippen molar-refractivity contribution in [3.05, 3.63) is 85.1 Å². The highest BCUT2D eigenvalue weighted by Crippen LogP contribution is 2.18. The summed E-state index contributed by atoms with van der Waals surface area (Å²) in [6, 6.07) is 0. The van der Waals surface area contributed by atoms with Gasteiger partial charge in [-0.15, -0.1) is 0 Å². The van der Waals surface area contributed by atoms with E-state index < -0.39 is 6.10 Å². The summed E-state index contributed by atoms with van der Waals surface area (Å²) in [5.74, 6) is -0.910. The first-order valence-corrected chi connectivity index (χ1v) is 35.1. The first-order chi connectivity index (χ1) is 40.0. The van der Waals surface area contributed by atoms with E-state index in [1.54, 1.807) is 0 Å². The number of rotatable bonds is 64. The normalized spacial score (nSPS) is 12.6. The molecule has 0 aliphatic heterocycles. The van der Waals surface area contributed by atoms with Gasteiger partial charge in [-0.1, -0.05) is 305 Å². The fourth-order valence-electron chi connectivity index (χ4n) is 10.1. The first kappa shape index (κ1) is 77.6. The Morgan fingerprint density at radius 1 is 0.259 bits per heavy atom. The summed E-state index contributed by atoms with van der Waals surface area (Å²) in [6.45, 7) is 6.50. The lowest BCUT2D eigenvalue weighted by Crippen LogP contribution is -2.30. The average molecular weight is 1130 g/mol. The molecule has 0 fully saturated rings. The summed E-state index contributed by atoms with van der Waals surface area (Å²) in [6.07, 6.45) is 92.0. The van der Waals surface area contributed by atoms with Gasteiger partial charge in [0.05, 0.1) is 0 Å². The van der Waals surface area contributed by atoms with E-state index in [1.807, 2.05) is 0 Å². The summed E-state index contributed by atoms with van der Waals surface area (Å²) in [5.41, 5.74) is 0. The monoisotopic (exact) mass is 1130 g/mol. The smallest absolute Gasteiger partial charge is 0.306 e. The molecule has 0 radical (unpaired) electrons. The number of hydrogen-bond donors (Lipinski definition) is 0. The van der Waals surface area contributed by atoms with Crippen LogP contribution in [0.3, 0.4) is 0 Å². The number of ether oxygens (including phenoxy) is 3. The molecule has 0 amide bonds. The Labute approximate surface area is 503 Å². The summed E-state index contributed by atoms with van der Waals surface area (Å²) in [4.78, 5) is 38.3. The lowest BCUT2D eigenvalue weighted by molar-refractivity contribution is -0.167. The minimum atomic E-state index is -0.793. The van der Waals surface area contributed by atoms with Gasteiger partial charge in [0.2, 0.25) is 0 Å². The van der Waals surface area contributed by atoms with Gasteiger partial charge in [0.15, 0.2) is 6.10 Å². The molecule has 0 saturated carbocycles. The summed E-state index contributed by atoms with van der Waals surface area (Å²) < 4.78 is 16.9. The zero-order valence-corrected chi connectivity index (χ0v) is 53.8. The Morgan fingerprint density at radius 2 is 0.481 bits per heavy atom. The zero-order valence-electron chi connectivity index (χ0n) is 53.8. The highest BCUT2D eigenvalue weighted by Gasteiger charge is 2.19. The number of esters is 3. The molecule has 0 rings (SSSR count). The molecule has 81 heavy (non-hydrogen) atoms. The first-order valence-electron chi connectivity index (χ1n) is 35.1. The van der Waals surface area contributed by atoms with Crippen molar-refractivity contribution in [2.45, 2.75) is 361 Å². The lowest BCUT2D eigenvalue weighted by atomic mass is 10.0. The van der Waals surface area contributed by atoms with Gasteiger partial charge in [-0.25, -0.2) is 0 Å². The van der Waals surface area contributed by atoms with Gasteiger partial charge in [0.1, 0.15) is 13.2 Å². The van der Waals surface area contributed by atoms with Gasteiger partial charge in [-0.3, -0.25) is 14.4 Å². The molecule has 6 nitrogen and oxygen atoms in total. The molecule has 1 atom stereocenters. The third-order valence-corrected chi connectivity index (χ3v) is 15.4. The maximum Gasteiger partial charge on any atom is 0.306 e. The maximum absolute atomic E-state index is 12.9. The molecule has 0 heterocycles. The molecule has 6 heteroatoms. The number of carbonyl (C=O) groups excluding carboxylic acids is 3. The summed E-state index contributed by atoms with van der Waals surface area (Å²) >= 11 is 0. The topological polar surface area (TPSA) is 78.9 Å². The third-order valence-electron chi connectivity index (χ3n) is 15.4. The van der Waals surface area contributed by atoms with E-state index in [4.69, 9.17) is 14.2 Å². The molecule has 0 spiro atoms. The molecular formula is C75H132O6. The Hall–Kier alpha value is -3.41. The van der Waals surface area contributed by atoms with Crippen LogP contribution in [0.25, 0.3) is 0 Å². The molecule has 468 valence electrons. The van der Waals surface area contributed by atoms with Gasteiger partial charge in [-0.05, 0) is 116 Å². The maximum atomic E-state index is 12.9. The van der Waals surface area contributed by atoms with Gasteiger partial charge in [0.25, 0.3) is 0 Å². The molecule has 0 aliphatic carbocycles. The van der Waals surface area contributed by atoms with Crippen LogP contribution in [0, 0.1) is 0 Å². The molecule has 0 bridgehead atoms. The van der Waals surface area contributed by atoms with E-state index in [-0.39, 0.29) is 31.1 Å². The Balaban J connectivity index is 4.15. The minimum absolute atomic E-state index is 0.0863. The number of allylic oxidation sites excluding steroid dienone is 14. The second-order valence-electron chi connectivity index (χ2n) is 23.4. The van der Waals surface area contributed by atoms with Crippen molar-refractivity contribution < 1.29 is 28.6 Å². The van der Waals surface area contributed by atoms with E-state index in [9.17, 15) is 14.4 Å². The van der Waals surface area contributed by atoms with Gasteiger partial charge >= 0.3 is 17.9 Å². The molecule has 0 N–H and O–H groups in total. The van der Waals surface area contributed by atoms with Crippen molar-refractivity contribution in [2.24, 2.45) is 0 Å². The second-order valence-corrected chi connectivity index (χ2v) is 23.4. The summed E-state index contributed by atoms with van der Waals surface area (Å²) in [5, 5.41) is 0. The predicted octanol–water partition coefficient (Wildman–Crippen LogP) is 24.2. The average Bonchev–Trinajstić information content (AvgIpc) is 3.46. The van der Waals surface area contributed by atoms with Gasteiger partial charge in [0, 0.05) is 19.3 Å². The van der Waals surface area contributed by atoms with Crippen LogP contribution in [0.5, 0.6) is 0 Å². The third kappa shape index (κ3) is 67.3. The van der Waals surface area contributed by atoms with Crippen molar-refractivity contribution in [2.75, 3.05) is 13.2 Å². The van der Waals surface area contributed by atoms with Crippen molar-refractivity contribution in [3.8, 4) is 0 Å². The molecule has 1 unspecified atom stereocenters. The zero-order chi connectivity index (χ0) is 58.5. The number of unbranched alkanes of at least 4 members (excludes halogenated alkanes) is 39. The summed E-state index contributed by atoms with van der Waals surface area (Å²) in [7, 11) is 0. The highest BCUT2D eigenvalue weighted by molar-refractivity contribution is 5.71. The van der Waals surface area contributed by atoms with Crippen molar-refractivity contribution in [1.82, 2.24) is 0 Å². The Bertz CT molecular complexity index is 1530. The molecule has 0 aromatic rings. The molecule has 0 aliphatic rings. The van der Waals surface area contributed by atoms with Crippen LogP contribution in [0.1, 0.15) is 355 Å². The molecular weight excluding hydrogens is 997 g/mol. The van der Waals surface area contributed by atoms with E-state index in [1.165, 1.54) is 212 Å². The Kier molecular flexibility index (Phi) is 66.2. The van der Waals surface area contributed by atoms with Gasteiger partial charge < -0.3 is 14.2 Å². The van der Waals surface area contributed by atoms with Crippen LogP contribution in [0.15, 0.2) is 85.1 Å². The Morgan fingerprint density at radius 3 is 0.790 bits per heavy atom. The molecule has 0 aromatic carbocycles. The van der Waals surface area contributed by atoms with Crippen LogP contribution in [0.4, 0.5) is 0 Å². The molecule has 0 saturated heterocycles. The lowest BCUT2D eigenvalue weighted by Gasteiger charge is -2.18. The van der Waals surface area contributed by atoms with Crippen LogP contribution in [-0.2, 0) is 28.6 Å². The SMILES string of the molecule is CC/C=C\C/C=C\C/C=C\CCCCCC(=O)OCC(COC(=O)CCCCCCCCCCCCCCCCCCCCCCC/C=C\C/C=C\CCCCCCC)OC(=O)CCCCCCCCC/C=C\C/C=C\CCCCC. The van der Waals surface area contributed by atoms with Crippen molar-refractivity contribution in [1.29, 1.82) is 0 Å². The van der Waals surface area contributed by atoms with Crippen LogP contribution >= 0.6 is 0 Å². The highest BCUT2D eigenvalue weighted by atomic mass is 16.6. The van der Waals surface area contributed by atoms with E-state index >= 15 is 0 Å². The minimum Gasteiger partial charge on any atom is -0.462 e. The largest absolute Gasteiger partial charge is 0.462 e. The van der Waals surface area contributed by atoms with Crippen LogP contribution < -0.4 is 0 Å².